The Morgan fingerprint density at radius 3 is 2.42 bits per heavy atom. The Kier molecular flexibility index (Phi) is 4.96. The second-order valence-electron chi connectivity index (χ2n) is 6.25. The van der Waals surface area contributed by atoms with Gasteiger partial charge in [0.25, 0.3) is 0 Å². The van der Waals surface area contributed by atoms with E-state index in [1.54, 1.807) is 14.2 Å². The van der Waals surface area contributed by atoms with Gasteiger partial charge in [-0.3, -0.25) is 4.79 Å². The summed E-state index contributed by atoms with van der Waals surface area (Å²) in [5, 5.41) is 0. The third kappa shape index (κ3) is 3.21. The van der Waals surface area contributed by atoms with E-state index in [0.717, 1.165) is 35.5 Å². The number of methoxy groups -OCH3 is 2. The fourth-order valence-electron chi connectivity index (χ4n) is 3.53. The highest BCUT2D eigenvalue weighted by Gasteiger charge is 2.40. The minimum atomic E-state index is -0.453. The van der Waals surface area contributed by atoms with E-state index in [0.29, 0.717) is 32.7 Å². The molecule has 0 atom stereocenters. The van der Waals surface area contributed by atoms with Crippen molar-refractivity contribution >= 4 is 5.91 Å². The van der Waals surface area contributed by atoms with E-state index >= 15 is 0 Å². The third-order valence-corrected chi connectivity index (χ3v) is 4.89. The third-order valence-electron chi connectivity index (χ3n) is 4.89. The average molecular weight is 335 g/mol. The Morgan fingerprint density at radius 2 is 1.83 bits per heavy atom. The van der Waals surface area contributed by atoms with Gasteiger partial charge in [0.15, 0.2) is 5.79 Å². The average Bonchev–Trinajstić information content (AvgIpc) is 3.04. The van der Waals surface area contributed by atoms with Crippen LogP contribution in [0.3, 0.4) is 0 Å². The summed E-state index contributed by atoms with van der Waals surface area (Å²) in [6.07, 6.45) is 1.79. The molecule has 2 aliphatic heterocycles. The molecule has 0 unspecified atom stereocenters. The number of amides is 1. The van der Waals surface area contributed by atoms with Crippen molar-refractivity contribution in [3.05, 3.63) is 23.3 Å². The van der Waals surface area contributed by atoms with Crippen LogP contribution in [0.5, 0.6) is 11.5 Å². The van der Waals surface area contributed by atoms with Crippen LogP contribution in [0.25, 0.3) is 0 Å². The van der Waals surface area contributed by atoms with Crippen LogP contribution in [0.15, 0.2) is 12.1 Å². The lowest BCUT2D eigenvalue weighted by molar-refractivity contribution is -0.187. The van der Waals surface area contributed by atoms with Gasteiger partial charge in [-0.15, -0.1) is 0 Å². The number of carbonyl (C=O) groups excluding carboxylic acids is 1. The zero-order valence-corrected chi connectivity index (χ0v) is 14.6. The van der Waals surface area contributed by atoms with Crippen molar-refractivity contribution in [2.24, 2.45) is 0 Å². The molecule has 0 aromatic heterocycles. The standard InChI is InChI=1S/C18H25NO5/c1-13-15(21-2)5-4-14(17(13)22-3)12-16(20)19-8-6-18(7-9-19)23-10-11-24-18/h4-5H,6-12H2,1-3H3. The Balaban J connectivity index is 1.66. The molecule has 1 aromatic rings. The molecule has 24 heavy (non-hydrogen) atoms. The Morgan fingerprint density at radius 1 is 1.17 bits per heavy atom. The second-order valence-corrected chi connectivity index (χ2v) is 6.25. The number of rotatable bonds is 4. The normalized spacial score (nSPS) is 19.5. The minimum absolute atomic E-state index is 0.103. The van der Waals surface area contributed by atoms with Gasteiger partial charge in [-0.05, 0) is 13.0 Å². The maximum atomic E-state index is 12.7. The summed E-state index contributed by atoms with van der Waals surface area (Å²) >= 11 is 0. The van der Waals surface area contributed by atoms with Crippen LogP contribution < -0.4 is 9.47 Å². The molecule has 2 aliphatic rings. The summed E-state index contributed by atoms with van der Waals surface area (Å²) in [4.78, 5) is 14.5. The molecule has 0 N–H and O–H groups in total. The van der Waals surface area contributed by atoms with E-state index < -0.39 is 5.79 Å². The van der Waals surface area contributed by atoms with Gasteiger partial charge < -0.3 is 23.8 Å². The topological polar surface area (TPSA) is 57.2 Å². The molecule has 6 nitrogen and oxygen atoms in total. The van der Waals surface area contributed by atoms with E-state index in [1.165, 1.54) is 0 Å². The molecule has 1 spiro atoms. The molecular formula is C18H25NO5. The molecule has 2 saturated heterocycles. The first-order valence-electron chi connectivity index (χ1n) is 8.35. The molecule has 0 aliphatic carbocycles. The first-order chi connectivity index (χ1) is 11.6. The van der Waals surface area contributed by atoms with Gasteiger partial charge in [-0.25, -0.2) is 0 Å². The summed E-state index contributed by atoms with van der Waals surface area (Å²) in [6, 6.07) is 3.78. The Labute approximate surface area is 142 Å². The van der Waals surface area contributed by atoms with Gasteiger partial charge in [-0.1, -0.05) is 6.07 Å². The molecule has 132 valence electrons. The largest absolute Gasteiger partial charge is 0.496 e. The molecular weight excluding hydrogens is 310 g/mol. The van der Waals surface area contributed by atoms with E-state index in [4.69, 9.17) is 18.9 Å². The van der Waals surface area contributed by atoms with Crippen LogP contribution in [0.2, 0.25) is 0 Å². The van der Waals surface area contributed by atoms with Crippen LogP contribution >= 0.6 is 0 Å². The number of hydrogen-bond acceptors (Lipinski definition) is 5. The number of hydrogen-bond donors (Lipinski definition) is 0. The molecule has 1 amide bonds. The number of likely N-dealkylation sites (tertiary alicyclic amines) is 1. The highest BCUT2D eigenvalue weighted by molar-refractivity contribution is 5.80. The molecule has 2 fully saturated rings. The quantitative estimate of drug-likeness (QED) is 0.841. The van der Waals surface area contributed by atoms with E-state index in [1.807, 2.05) is 24.0 Å². The first-order valence-corrected chi connectivity index (χ1v) is 8.35. The van der Waals surface area contributed by atoms with Gasteiger partial charge in [0.05, 0.1) is 33.9 Å². The van der Waals surface area contributed by atoms with E-state index in [2.05, 4.69) is 0 Å². The first kappa shape index (κ1) is 17.0. The minimum Gasteiger partial charge on any atom is -0.496 e. The van der Waals surface area contributed by atoms with Crippen molar-refractivity contribution in [2.75, 3.05) is 40.5 Å². The van der Waals surface area contributed by atoms with Crippen molar-refractivity contribution in [1.29, 1.82) is 0 Å². The summed E-state index contributed by atoms with van der Waals surface area (Å²) in [6.45, 7) is 4.56. The number of ether oxygens (including phenoxy) is 4. The number of carbonyl (C=O) groups is 1. The molecule has 2 heterocycles. The highest BCUT2D eigenvalue weighted by Crippen LogP contribution is 2.33. The predicted molar refractivity (Wildman–Crippen MR) is 88.4 cm³/mol. The van der Waals surface area contributed by atoms with Gasteiger partial charge in [-0.2, -0.15) is 0 Å². The summed E-state index contributed by atoms with van der Waals surface area (Å²) < 4.78 is 22.2. The lowest BCUT2D eigenvalue weighted by Crippen LogP contribution is -2.47. The lowest BCUT2D eigenvalue weighted by Gasteiger charge is -2.37. The summed E-state index contributed by atoms with van der Waals surface area (Å²) in [7, 11) is 3.25. The summed E-state index contributed by atoms with van der Waals surface area (Å²) in [5.74, 6) is 1.13. The van der Waals surface area contributed by atoms with E-state index in [-0.39, 0.29) is 5.91 Å². The second kappa shape index (κ2) is 6.99. The van der Waals surface area contributed by atoms with E-state index in [9.17, 15) is 4.79 Å². The molecule has 6 heteroatoms. The fourth-order valence-corrected chi connectivity index (χ4v) is 3.53. The van der Waals surface area contributed by atoms with Crippen molar-refractivity contribution in [2.45, 2.75) is 32.0 Å². The van der Waals surface area contributed by atoms with Crippen molar-refractivity contribution in [1.82, 2.24) is 4.90 Å². The number of piperidine rings is 1. The SMILES string of the molecule is COc1ccc(CC(=O)N2CCC3(CC2)OCCO3)c(OC)c1C. The van der Waals surface area contributed by atoms with Crippen LogP contribution in [0, 0.1) is 6.92 Å². The molecule has 0 saturated carbocycles. The van der Waals surface area contributed by atoms with Crippen LogP contribution in [0.1, 0.15) is 24.0 Å². The monoisotopic (exact) mass is 335 g/mol. The van der Waals surface area contributed by atoms with Gasteiger partial charge in [0, 0.05) is 37.1 Å². The van der Waals surface area contributed by atoms with Crippen LogP contribution in [-0.2, 0) is 20.7 Å². The Bertz CT molecular complexity index is 600. The maximum Gasteiger partial charge on any atom is 0.227 e. The number of benzene rings is 1. The highest BCUT2D eigenvalue weighted by atomic mass is 16.7. The van der Waals surface area contributed by atoms with Crippen molar-refractivity contribution in [3.8, 4) is 11.5 Å². The fraction of sp³-hybridized carbons (Fsp3) is 0.611. The van der Waals surface area contributed by atoms with Crippen molar-refractivity contribution in [3.63, 3.8) is 0 Å². The van der Waals surface area contributed by atoms with Gasteiger partial charge >= 0.3 is 0 Å². The molecule has 3 rings (SSSR count). The maximum absolute atomic E-state index is 12.7. The zero-order valence-electron chi connectivity index (χ0n) is 14.6. The van der Waals surface area contributed by atoms with Crippen LogP contribution in [-0.4, -0.2) is 57.1 Å². The van der Waals surface area contributed by atoms with Crippen LogP contribution in [0.4, 0.5) is 0 Å². The Hall–Kier alpha value is -1.79. The van der Waals surface area contributed by atoms with Crippen molar-refractivity contribution < 1.29 is 23.7 Å². The van der Waals surface area contributed by atoms with Gasteiger partial charge in [0.2, 0.25) is 5.91 Å². The predicted octanol–water partition coefficient (Wildman–Crippen LogP) is 1.92. The van der Waals surface area contributed by atoms with Gasteiger partial charge in [0.1, 0.15) is 11.5 Å². The molecule has 1 aromatic carbocycles. The summed E-state index contributed by atoms with van der Waals surface area (Å²) in [5.41, 5.74) is 1.80. The lowest BCUT2D eigenvalue weighted by atomic mass is 10.0. The molecule has 0 radical (unpaired) electrons. The number of nitrogens with zero attached hydrogens (tertiary/aromatic N) is 1. The molecule has 0 bridgehead atoms. The smallest absolute Gasteiger partial charge is 0.227 e. The zero-order chi connectivity index (χ0) is 17.2.